The van der Waals surface area contributed by atoms with Crippen molar-refractivity contribution in [3.8, 4) is 0 Å². The van der Waals surface area contributed by atoms with Gasteiger partial charge in [-0.15, -0.1) is 0 Å². The first-order valence-electron chi connectivity index (χ1n) is 4.27. The van der Waals surface area contributed by atoms with Crippen LogP contribution in [0.5, 0.6) is 0 Å². The van der Waals surface area contributed by atoms with Gasteiger partial charge in [0.15, 0.2) is 0 Å². The zero-order chi connectivity index (χ0) is 9.84. The van der Waals surface area contributed by atoms with E-state index in [1.54, 1.807) is 0 Å². The molecule has 1 aromatic rings. The van der Waals surface area contributed by atoms with E-state index in [4.69, 9.17) is 5.73 Å². The maximum atomic E-state index is 9.53. The summed E-state index contributed by atoms with van der Waals surface area (Å²) < 4.78 is 1.03. The van der Waals surface area contributed by atoms with E-state index in [-0.39, 0.29) is 6.04 Å². The molecule has 3 N–H and O–H groups in total. The molecular formula is C10H14BrNO. The molecule has 2 nitrogen and oxygen atoms in total. The number of halogens is 1. The van der Waals surface area contributed by atoms with Crippen LogP contribution < -0.4 is 5.73 Å². The van der Waals surface area contributed by atoms with E-state index < -0.39 is 6.10 Å². The molecule has 0 unspecified atom stereocenters. The number of benzene rings is 1. The minimum atomic E-state index is -0.464. The zero-order valence-electron chi connectivity index (χ0n) is 7.57. The molecule has 1 aromatic carbocycles. The lowest BCUT2D eigenvalue weighted by molar-refractivity contribution is 0.151. The molecule has 0 radical (unpaired) electrons. The second-order valence-corrected chi connectivity index (χ2v) is 4.18. The third-order valence-electron chi connectivity index (χ3n) is 1.94. The molecular weight excluding hydrogens is 230 g/mol. The van der Waals surface area contributed by atoms with Crippen LogP contribution in [0.3, 0.4) is 0 Å². The molecule has 2 atom stereocenters. The molecule has 0 aromatic heterocycles. The third-order valence-corrected chi connectivity index (χ3v) is 2.43. The Bertz CT molecular complexity index is 275. The van der Waals surface area contributed by atoms with Crippen LogP contribution in [0.1, 0.15) is 12.5 Å². The van der Waals surface area contributed by atoms with E-state index in [0.717, 1.165) is 10.0 Å². The molecule has 13 heavy (non-hydrogen) atoms. The summed E-state index contributed by atoms with van der Waals surface area (Å²) in [6, 6.07) is 7.70. The van der Waals surface area contributed by atoms with Crippen LogP contribution in [0.4, 0.5) is 0 Å². The molecule has 1 rings (SSSR count). The van der Waals surface area contributed by atoms with Crippen molar-refractivity contribution < 1.29 is 5.11 Å². The van der Waals surface area contributed by atoms with Crippen LogP contribution >= 0.6 is 15.9 Å². The molecule has 0 saturated carbocycles. The fourth-order valence-corrected chi connectivity index (χ4v) is 1.54. The van der Waals surface area contributed by atoms with Crippen molar-refractivity contribution >= 4 is 15.9 Å². The Labute approximate surface area is 86.9 Å². The molecule has 0 aliphatic heterocycles. The number of hydrogen-bond donors (Lipinski definition) is 2. The predicted molar refractivity (Wildman–Crippen MR) is 57.5 cm³/mol. The van der Waals surface area contributed by atoms with Crippen molar-refractivity contribution in [3.05, 3.63) is 34.3 Å². The largest absolute Gasteiger partial charge is 0.391 e. The van der Waals surface area contributed by atoms with Crippen molar-refractivity contribution in [1.82, 2.24) is 0 Å². The Morgan fingerprint density at radius 3 is 2.77 bits per heavy atom. The summed E-state index contributed by atoms with van der Waals surface area (Å²) in [6.45, 7) is 1.81. The maximum absolute atomic E-state index is 9.53. The van der Waals surface area contributed by atoms with Gasteiger partial charge in [-0.3, -0.25) is 0 Å². The Hall–Kier alpha value is -0.380. The van der Waals surface area contributed by atoms with Crippen molar-refractivity contribution in [2.24, 2.45) is 5.73 Å². The number of nitrogens with two attached hydrogens (primary N) is 1. The topological polar surface area (TPSA) is 46.2 Å². The Morgan fingerprint density at radius 1 is 1.54 bits per heavy atom. The Balaban J connectivity index is 2.64. The highest BCUT2D eigenvalue weighted by Crippen LogP contribution is 2.13. The van der Waals surface area contributed by atoms with E-state index in [1.807, 2.05) is 31.2 Å². The summed E-state index contributed by atoms with van der Waals surface area (Å²) in [5.41, 5.74) is 6.66. The first-order chi connectivity index (χ1) is 6.09. The molecule has 72 valence electrons. The first kappa shape index (κ1) is 10.7. The van der Waals surface area contributed by atoms with Gasteiger partial charge >= 0.3 is 0 Å². The lowest BCUT2D eigenvalue weighted by Gasteiger charge is -2.14. The molecule has 0 heterocycles. The molecule has 0 fully saturated rings. The predicted octanol–water partition coefficient (Wildman–Crippen LogP) is 1.70. The van der Waals surface area contributed by atoms with Gasteiger partial charge in [0.05, 0.1) is 6.10 Å². The van der Waals surface area contributed by atoms with Crippen LogP contribution in [0.2, 0.25) is 0 Å². The average molecular weight is 244 g/mol. The molecule has 0 aliphatic carbocycles. The highest BCUT2D eigenvalue weighted by atomic mass is 79.9. The first-order valence-corrected chi connectivity index (χ1v) is 5.07. The van der Waals surface area contributed by atoms with Crippen molar-refractivity contribution in [1.29, 1.82) is 0 Å². The summed E-state index contributed by atoms with van der Waals surface area (Å²) >= 11 is 3.38. The Kier molecular flexibility index (Phi) is 3.90. The smallest absolute Gasteiger partial charge is 0.0728 e. The number of hydrogen-bond acceptors (Lipinski definition) is 2. The molecule has 3 heteroatoms. The van der Waals surface area contributed by atoms with Gasteiger partial charge in [0.1, 0.15) is 0 Å². The normalized spacial score (nSPS) is 15.4. The van der Waals surface area contributed by atoms with Crippen LogP contribution in [0, 0.1) is 0 Å². The van der Waals surface area contributed by atoms with Crippen molar-refractivity contribution in [2.75, 3.05) is 0 Å². The monoisotopic (exact) mass is 243 g/mol. The van der Waals surface area contributed by atoms with Crippen LogP contribution in [0.25, 0.3) is 0 Å². The molecule has 0 saturated heterocycles. The second-order valence-electron chi connectivity index (χ2n) is 3.26. The molecule has 0 bridgehead atoms. The number of aliphatic hydroxyl groups is 1. The second kappa shape index (κ2) is 4.74. The van der Waals surface area contributed by atoms with Gasteiger partial charge in [-0.05, 0) is 31.0 Å². The SMILES string of the molecule is C[C@@H](N)[C@H](O)Cc1cccc(Br)c1. The quantitative estimate of drug-likeness (QED) is 0.850. The maximum Gasteiger partial charge on any atom is 0.0728 e. The average Bonchev–Trinajstić information content (AvgIpc) is 2.04. The summed E-state index contributed by atoms with van der Waals surface area (Å²) in [5.74, 6) is 0. The van der Waals surface area contributed by atoms with Crippen LogP contribution in [-0.4, -0.2) is 17.3 Å². The van der Waals surface area contributed by atoms with Gasteiger partial charge in [-0.1, -0.05) is 28.1 Å². The minimum absolute atomic E-state index is 0.181. The highest BCUT2D eigenvalue weighted by Gasteiger charge is 2.09. The van der Waals surface area contributed by atoms with Gasteiger partial charge < -0.3 is 10.8 Å². The lowest BCUT2D eigenvalue weighted by atomic mass is 10.0. The summed E-state index contributed by atoms with van der Waals surface area (Å²) in [5, 5.41) is 9.53. The Morgan fingerprint density at radius 2 is 2.23 bits per heavy atom. The van der Waals surface area contributed by atoms with Gasteiger partial charge in [0.2, 0.25) is 0 Å². The van der Waals surface area contributed by atoms with Crippen molar-refractivity contribution in [3.63, 3.8) is 0 Å². The van der Waals surface area contributed by atoms with E-state index in [9.17, 15) is 5.11 Å². The molecule has 0 spiro atoms. The fourth-order valence-electron chi connectivity index (χ4n) is 1.09. The fraction of sp³-hybridized carbons (Fsp3) is 0.400. The van der Waals surface area contributed by atoms with Crippen LogP contribution in [-0.2, 0) is 6.42 Å². The highest BCUT2D eigenvalue weighted by molar-refractivity contribution is 9.10. The van der Waals surface area contributed by atoms with Gasteiger partial charge in [-0.2, -0.15) is 0 Å². The third kappa shape index (κ3) is 3.46. The number of rotatable bonds is 3. The lowest BCUT2D eigenvalue weighted by Crippen LogP contribution is -2.33. The zero-order valence-corrected chi connectivity index (χ0v) is 9.16. The van der Waals surface area contributed by atoms with Gasteiger partial charge in [0, 0.05) is 10.5 Å². The van der Waals surface area contributed by atoms with Gasteiger partial charge in [-0.25, -0.2) is 0 Å². The minimum Gasteiger partial charge on any atom is -0.391 e. The van der Waals surface area contributed by atoms with Crippen molar-refractivity contribution in [2.45, 2.75) is 25.5 Å². The van der Waals surface area contributed by atoms with E-state index in [0.29, 0.717) is 6.42 Å². The summed E-state index contributed by atoms with van der Waals surface area (Å²) in [4.78, 5) is 0. The molecule has 0 amide bonds. The number of aliphatic hydroxyl groups excluding tert-OH is 1. The van der Waals surface area contributed by atoms with E-state index >= 15 is 0 Å². The summed E-state index contributed by atoms with van der Waals surface area (Å²) in [7, 11) is 0. The van der Waals surface area contributed by atoms with E-state index in [1.165, 1.54) is 0 Å². The van der Waals surface area contributed by atoms with Crippen LogP contribution in [0.15, 0.2) is 28.7 Å². The molecule has 0 aliphatic rings. The standard InChI is InChI=1S/C10H14BrNO/c1-7(12)10(13)6-8-3-2-4-9(11)5-8/h2-5,7,10,13H,6,12H2,1H3/t7-,10-/m1/s1. The van der Waals surface area contributed by atoms with E-state index in [2.05, 4.69) is 15.9 Å². The summed E-state index contributed by atoms with van der Waals surface area (Å²) in [6.07, 6.45) is 0.145. The van der Waals surface area contributed by atoms with Gasteiger partial charge in [0.25, 0.3) is 0 Å².